The first-order chi connectivity index (χ1) is 13.8. The molecule has 0 atom stereocenters. The second kappa shape index (κ2) is 8.09. The summed E-state index contributed by atoms with van der Waals surface area (Å²) in [5.41, 5.74) is 6.49. The number of nitrogens with zero attached hydrogens (tertiary/aromatic N) is 3. The maximum atomic E-state index is 4.87. The highest BCUT2D eigenvalue weighted by Crippen LogP contribution is 2.28. The summed E-state index contributed by atoms with van der Waals surface area (Å²) in [7, 11) is 0. The van der Waals surface area contributed by atoms with Crippen LogP contribution in [0.1, 0.15) is 16.8 Å². The van der Waals surface area contributed by atoms with E-state index in [9.17, 15) is 0 Å². The van der Waals surface area contributed by atoms with Crippen LogP contribution in [-0.2, 0) is 12.8 Å². The number of allylic oxidation sites excluding steroid dienone is 1. The third-order valence-electron chi connectivity index (χ3n) is 4.93. The highest BCUT2D eigenvalue weighted by atomic mass is 15.3. The molecule has 0 aliphatic heterocycles. The number of hydrogen-bond donors (Lipinski definition) is 1. The molecule has 0 fully saturated rings. The predicted molar refractivity (Wildman–Crippen MR) is 116 cm³/mol. The Morgan fingerprint density at radius 3 is 2.46 bits per heavy atom. The average molecular weight is 368 g/mol. The lowest BCUT2D eigenvalue weighted by Crippen LogP contribution is -2.13. The molecule has 4 aromatic rings. The SMILES string of the molecule is C=CCc1c(C)nc2c(-c3ccccc3)cnn2c1NCCc1ccccc1. The standard InChI is InChI=1S/C24H24N4/c1-3-10-21-18(2)27-24-22(20-13-8-5-9-14-20)17-26-28(24)23(21)25-16-15-19-11-6-4-7-12-19/h3-9,11-14,17,25H,1,10,15-16H2,2H3. The summed E-state index contributed by atoms with van der Waals surface area (Å²) in [6.07, 6.45) is 5.52. The molecule has 28 heavy (non-hydrogen) atoms. The zero-order valence-electron chi connectivity index (χ0n) is 16.1. The molecule has 0 radical (unpaired) electrons. The van der Waals surface area contributed by atoms with Gasteiger partial charge in [0.15, 0.2) is 5.65 Å². The molecule has 0 unspecified atom stereocenters. The fraction of sp³-hybridized carbons (Fsp3) is 0.167. The lowest BCUT2D eigenvalue weighted by atomic mass is 10.1. The number of aryl methyl sites for hydroxylation is 1. The van der Waals surface area contributed by atoms with Gasteiger partial charge in [-0.1, -0.05) is 66.7 Å². The molecule has 0 aliphatic rings. The number of aromatic nitrogens is 3. The summed E-state index contributed by atoms with van der Waals surface area (Å²) in [4.78, 5) is 4.87. The van der Waals surface area contributed by atoms with E-state index in [1.54, 1.807) is 0 Å². The third kappa shape index (κ3) is 3.54. The van der Waals surface area contributed by atoms with Crippen LogP contribution in [0.3, 0.4) is 0 Å². The van der Waals surface area contributed by atoms with E-state index in [1.165, 1.54) is 5.56 Å². The van der Waals surface area contributed by atoms with E-state index >= 15 is 0 Å². The number of hydrogen-bond acceptors (Lipinski definition) is 3. The number of rotatable bonds is 7. The first-order valence-electron chi connectivity index (χ1n) is 9.59. The number of nitrogens with one attached hydrogen (secondary N) is 1. The van der Waals surface area contributed by atoms with Crippen LogP contribution in [0.5, 0.6) is 0 Å². The Balaban J connectivity index is 1.73. The zero-order valence-corrected chi connectivity index (χ0v) is 16.1. The maximum absolute atomic E-state index is 4.87. The Labute approximate surface area is 165 Å². The quantitative estimate of drug-likeness (QED) is 0.462. The van der Waals surface area contributed by atoms with Crippen LogP contribution in [0, 0.1) is 6.92 Å². The number of anilines is 1. The molecule has 0 saturated carbocycles. The molecular formula is C24H24N4. The van der Waals surface area contributed by atoms with Crippen molar-refractivity contribution in [3.8, 4) is 11.1 Å². The Hall–Kier alpha value is -3.40. The Morgan fingerprint density at radius 2 is 1.75 bits per heavy atom. The van der Waals surface area contributed by atoms with Crippen molar-refractivity contribution in [3.05, 3.63) is 96.3 Å². The molecule has 4 rings (SSSR count). The molecule has 0 saturated heterocycles. The summed E-state index contributed by atoms with van der Waals surface area (Å²) in [6, 6.07) is 20.8. The van der Waals surface area contributed by atoms with Gasteiger partial charge in [0.25, 0.3) is 0 Å². The molecule has 2 aromatic carbocycles. The highest BCUT2D eigenvalue weighted by molar-refractivity contribution is 5.78. The number of benzene rings is 2. The van der Waals surface area contributed by atoms with Gasteiger partial charge in [0, 0.05) is 23.4 Å². The monoisotopic (exact) mass is 368 g/mol. The van der Waals surface area contributed by atoms with Crippen LogP contribution in [0.25, 0.3) is 16.8 Å². The van der Waals surface area contributed by atoms with E-state index in [2.05, 4.69) is 60.3 Å². The van der Waals surface area contributed by atoms with Crippen LogP contribution in [0.4, 0.5) is 5.82 Å². The van der Waals surface area contributed by atoms with Crippen molar-refractivity contribution >= 4 is 11.5 Å². The second-order valence-corrected chi connectivity index (χ2v) is 6.84. The van der Waals surface area contributed by atoms with Gasteiger partial charge in [0.05, 0.1) is 6.20 Å². The first-order valence-corrected chi connectivity index (χ1v) is 9.59. The van der Waals surface area contributed by atoms with Gasteiger partial charge in [-0.25, -0.2) is 4.98 Å². The van der Waals surface area contributed by atoms with Crippen LogP contribution in [-0.4, -0.2) is 21.1 Å². The molecule has 4 heteroatoms. The first kappa shape index (κ1) is 18.0. The van der Waals surface area contributed by atoms with Gasteiger partial charge >= 0.3 is 0 Å². The van der Waals surface area contributed by atoms with Crippen LogP contribution < -0.4 is 5.32 Å². The second-order valence-electron chi connectivity index (χ2n) is 6.84. The van der Waals surface area contributed by atoms with Gasteiger partial charge in [0.1, 0.15) is 5.82 Å². The summed E-state index contributed by atoms with van der Waals surface area (Å²) in [5, 5.41) is 8.27. The van der Waals surface area contributed by atoms with Crippen LogP contribution >= 0.6 is 0 Å². The fourth-order valence-corrected chi connectivity index (χ4v) is 3.50. The van der Waals surface area contributed by atoms with E-state index in [0.29, 0.717) is 0 Å². The van der Waals surface area contributed by atoms with Gasteiger partial charge in [-0.05, 0) is 30.9 Å². The molecule has 2 aromatic heterocycles. The van der Waals surface area contributed by atoms with Crippen molar-refractivity contribution in [2.75, 3.05) is 11.9 Å². The highest BCUT2D eigenvalue weighted by Gasteiger charge is 2.16. The molecule has 0 spiro atoms. The lowest BCUT2D eigenvalue weighted by molar-refractivity contribution is 0.887. The Bertz CT molecular complexity index is 1080. The van der Waals surface area contributed by atoms with E-state index in [4.69, 9.17) is 4.98 Å². The predicted octanol–water partition coefficient (Wildman–Crippen LogP) is 5.09. The van der Waals surface area contributed by atoms with Crippen molar-refractivity contribution < 1.29 is 0 Å². The Kier molecular flexibility index (Phi) is 5.20. The van der Waals surface area contributed by atoms with Gasteiger partial charge in [0.2, 0.25) is 0 Å². The van der Waals surface area contributed by atoms with Gasteiger partial charge < -0.3 is 5.32 Å². The van der Waals surface area contributed by atoms with Crippen molar-refractivity contribution in [2.45, 2.75) is 19.8 Å². The molecule has 4 nitrogen and oxygen atoms in total. The Morgan fingerprint density at radius 1 is 1.04 bits per heavy atom. The van der Waals surface area contributed by atoms with E-state index in [-0.39, 0.29) is 0 Å². The van der Waals surface area contributed by atoms with Crippen molar-refractivity contribution in [3.63, 3.8) is 0 Å². The van der Waals surface area contributed by atoms with Crippen molar-refractivity contribution in [2.24, 2.45) is 0 Å². The molecule has 1 N–H and O–H groups in total. The lowest BCUT2D eigenvalue weighted by Gasteiger charge is -2.15. The molecule has 0 aliphatic carbocycles. The molecule has 0 bridgehead atoms. The fourth-order valence-electron chi connectivity index (χ4n) is 3.50. The van der Waals surface area contributed by atoms with Crippen LogP contribution in [0.15, 0.2) is 79.5 Å². The smallest absolute Gasteiger partial charge is 0.165 e. The number of fused-ring (bicyclic) bond motifs is 1. The summed E-state index contributed by atoms with van der Waals surface area (Å²) >= 11 is 0. The average Bonchev–Trinajstić information content (AvgIpc) is 3.15. The van der Waals surface area contributed by atoms with Gasteiger partial charge in [-0.3, -0.25) is 0 Å². The minimum Gasteiger partial charge on any atom is -0.369 e. The minimum atomic E-state index is 0.753. The summed E-state index contributed by atoms with van der Waals surface area (Å²) < 4.78 is 1.93. The summed E-state index contributed by atoms with van der Waals surface area (Å²) in [5.74, 6) is 1.00. The summed E-state index contributed by atoms with van der Waals surface area (Å²) in [6.45, 7) is 6.80. The molecule has 0 amide bonds. The van der Waals surface area contributed by atoms with Gasteiger partial charge in [-0.15, -0.1) is 6.58 Å². The minimum absolute atomic E-state index is 0.753. The van der Waals surface area contributed by atoms with E-state index in [1.807, 2.05) is 41.1 Å². The molecule has 2 heterocycles. The van der Waals surface area contributed by atoms with Crippen molar-refractivity contribution in [1.29, 1.82) is 0 Å². The molecular weight excluding hydrogens is 344 g/mol. The topological polar surface area (TPSA) is 42.2 Å². The van der Waals surface area contributed by atoms with Gasteiger partial charge in [-0.2, -0.15) is 9.61 Å². The van der Waals surface area contributed by atoms with Crippen molar-refractivity contribution in [1.82, 2.24) is 14.6 Å². The van der Waals surface area contributed by atoms with Crippen LogP contribution in [0.2, 0.25) is 0 Å². The normalized spacial score (nSPS) is 10.9. The van der Waals surface area contributed by atoms with E-state index < -0.39 is 0 Å². The third-order valence-corrected chi connectivity index (χ3v) is 4.93. The van der Waals surface area contributed by atoms with E-state index in [0.717, 1.165) is 53.2 Å². The largest absolute Gasteiger partial charge is 0.369 e. The molecule has 140 valence electrons. The zero-order chi connectivity index (χ0) is 19.3. The maximum Gasteiger partial charge on any atom is 0.165 e.